The summed E-state index contributed by atoms with van der Waals surface area (Å²) in [5.41, 5.74) is 0.578. The van der Waals surface area contributed by atoms with Crippen LogP contribution in [0.1, 0.15) is 0 Å². The summed E-state index contributed by atoms with van der Waals surface area (Å²) >= 11 is 0. The molecule has 1 aromatic rings. The second-order valence-electron chi connectivity index (χ2n) is 2.47. The number of nitrogens with zero attached hydrogens (tertiary/aromatic N) is 1. The van der Waals surface area contributed by atoms with E-state index < -0.39 is 5.91 Å². The minimum Gasteiger partial charge on any atom is -0.497 e. The first kappa shape index (κ1) is 10.0. The Morgan fingerprint density at radius 3 is 3.07 bits per heavy atom. The van der Waals surface area contributed by atoms with E-state index in [1.165, 1.54) is 7.11 Å². The third-order valence-electron chi connectivity index (χ3n) is 1.51. The van der Waals surface area contributed by atoms with Gasteiger partial charge in [-0.25, -0.2) is 0 Å². The summed E-state index contributed by atoms with van der Waals surface area (Å²) in [4.78, 5) is 11.0. The Labute approximate surface area is 81.0 Å². The number of carbonyl (C=O) groups is 1. The third-order valence-corrected chi connectivity index (χ3v) is 1.51. The topological polar surface area (TPSA) is 70.9 Å². The lowest BCUT2D eigenvalue weighted by atomic mass is 10.3. The summed E-state index contributed by atoms with van der Waals surface area (Å²) in [6.07, 6.45) is 0.777. The molecule has 0 aromatic heterocycles. The van der Waals surface area contributed by atoms with Crippen LogP contribution in [0, 0.1) is 0 Å². The van der Waals surface area contributed by atoms with E-state index in [-0.39, 0.29) is 0 Å². The van der Waals surface area contributed by atoms with Crippen molar-refractivity contribution in [1.29, 1.82) is 0 Å². The SMILES string of the molecule is COc1cccc(NC(=O)/C=N/O)c1. The van der Waals surface area contributed by atoms with Gasteiger partial charge >= 0.3 is 0 Å². The quantitative estimate of drug-likeness (QED) is 0.430. The average Bonchev–Trinajstić information content (AvgIpc) is 2.18. The largest absolute Gasteiger partial charge is 0.497 e. The van der Waals surface area contributed by atoms with Gasteiger partial charge in [-0.3, -0.25) is 4.79 Å². The zero-order chi connectivity index (χ0) is 10.4. The molecule has 0 radical (unpaired) electrons. The standard InChI is InChI=1S/C9H10N2O3/c1-14-8-4-2-3-7(5-8)11-9(12)6-10-13/h2-6,13H,1H3,(H,11,12)/b10-6+. The van der Waals surface area contributed by atoms with Crippen LogP contribution in [-0.2, 0) is 4.79 Å². The Hall–Kier alpha value is -2.04. The van der Waals surface area contributed by atoms with Gasteiger partial charge in [-0.05, 0) is 12.1 Å². The number of rotatable bonds is 3. The number of anilines is 1. The Morgan fingerprint density at radius 1 is 1.64 bits per heavy atom. The number of ether oxygens (including phenoxy) is 1. The van der Waals surface area contributed by atoms with Gasteiger partial charge in [0.25, 0.3) is 5.91 Å². The summed E-state index contributed by atoms with van der Waals surface area (Å²) in [5.74, 6) is 0.143. The van der Waals surface area contributed by atoms with E-state index in [0.29, 0.717) is 11.4 Å². The third kappa shape index (κ3) is 2.78. The van der Waals surface area contributed by atoms with Gasteiger partial charge in [0, 0.05) is 11.8 Å². The molecule has 14 heavy (non-hydrogen) atoms. The fraction of sp³-hybridized carbons (Fsp3) is 0.111. The molecule has 0 fully saturated rings. The molecule has 5 heteroatoms. The van der Waals surface area contributed by atoms with E-state index in [0.717, 1.165) is 6.21 Å². The fourth-order valence-electron chi connectivity index (χ4n) is 0.928. The zero-order valence-electron chi connectivity index (χ0n) is 7.60. The van der Waals surface area contributed by atoms with Gasteiger partial charge in [0.05, 0.1) is 7.11 Å². The molecule has 74 valence electrons. The highest BCUT2D eigenvalue weighted by Gasteiger charge is 1.99. The molecule has 0 heterocycles. The van der Waals surface area contributed by atoms with E-state index in [4.69, 9.17) is 9.94 Å². The molecule has 0 bridgehead atoms. The Morgan fingerprint density at radius 2 is 2.43 bits per heavy atom. The number of hydrogen-bond acceptors (Lipinski definition) is 4. The molecule has 0 unspecified atom stereocenters. The normalized spacial score (nSPS) is 10.1. The molecular formula is C9H10N2O3. The van der Waals surface area contributed by atoms with Gasteiger partial charge in [-0.15, -0.1) is 0 Å². The number of hydrogen-bond donors (Lipinski definition) is 2. The van der Waals surface area contributed by atoms with Crippen molar-refractivity contribution in [3.63, 3.8) is 0 Å². The molecule has 2 N–H and O–H groups in total. The van der Waals surface area contributed by atoms with Crippen molar-refractivity contribution in [1.82, 2.24) is 0 Å². The summed E-state index contributed by atoms with van der Waals surface area (Å²) in [7, 11) is 1.54. The molecule has 0 saturated carbocycles. The summed E-state index contributed by atoms with van der Waals surface area (Å²) in [6.45, 7) is 0. The van der Waals surface area contributed by atoms with Gasteiger partial charge < -0.3 is 15.3 Å². The van der Waals surface area contributed by atoms with Crippen LogP contribution in [0.3, 0.4) is 0 Å². The first-order valence-corrected chi connectivity index (χ1v) is 3.88. The number of amides is 1. The molecule has 1 aromatic carbocycles. The van der Waals surface area contributed by atoms with E-state index in [1.807, 2.05) is 0 Å². The molecule has 0 atom stereocenters. The van der Waals surface area contributed by atoms with Crippen LogP contribution in [0.25, 0.3) is 0 Å². The van der Waals surface area contributed by atoms with Crippen molar-refractivity contribution in [3.05, 3.63) is 24.3 Å². The molecular weight excluding hydrogens is 184 g/mol. The van der Waals surface area contributed by atoms with Crippen molar-refractivity contribution in [2.24, 2.45) is 5.16 Å². The molecule has 1 rings (SSSR count). The molecule has 5 nitrogen and oxygen atoms in total. The zero-order valence-corrected chi connectivity index (χ0v) is 7.60. The van der Waals surface area contributed by atoms with Crippen LogP contribution < -0.4 is 10.1 Å². The van der Waals surface area contributed by atoms with Crippen LogP contribution in [0.15, 0.2) is 29.4 Å². The van der Waals surface area contributed by atoms with Gasteiger partial charge in [0.1, 0.15) is 12.0 Å². The Bertz CT molecular complexity index is 350. The predicted molar refractivity (Wildman–Crippen MR) is 51.9 cm³/mol. The van der Waals surface area contributed by atoms with Gasteiger partial charge in [0.15, 0.2) is 0 Å². The van der Waals surface area contributed by atoms with Crippen LogP contribution in [-0.4, -0.2) is 24.4 Å². The summed E-state index contributed by atoms with van der Waals surface area (Å²) < 4.78 is 4.96. The molecule has 1 amide bonds. The number of carbonyl (C=O) groups excluding carboxylic acids is 1. The molecule has 0 aliphatic heterocycles. The fourth-order valence-corrected chi connectivity index (χ4v) is 0.928. The minimum absolute atomic E-state index is 0.499. The maximum Gasteiger partial charge on any atom is 0.270 e. The van der Waals surface area contributed by atoms with Crippen LogP contribution in [0.5, 0.6) is 5.75 Å². The molecule has 0 spiro atoms. The summed E-state index contributed by atoms with van der Waals surface area (Å²) in [5, 5.41) is 13.2. The van der Waals surface area contributed by atoms with Crippen molar-refractivity contribution in [2.75, 3.05) is 12.4 Å². The predicted octanol–water partition coefficient (Wildman–Crippen LogP) is 1.09. The average molecular weight is 194 g/mol. The van der Waals surface area contributed by atoms with Gasteiger partial charge in [0.2, 0.25) is 0 Å². The van der Waals surface area contributed by atoms with E-state index >= 15 is 0 Å². The highest BCUT2D eigenvalue weighted by Crippen LogP contribution is 2.16. The second kappa shape index (κ2) is 4.86. The Balaban J connectivity index is 2.71. The van der Waals surface area contributed by atoms with E-state index in [1.54, 1.807) is 24.3 Å². The van der Waals surface area contributed by atoms with Crippen molar-refractivity contribution < 1.29 is 14.7 Å². The van der Waals surface area contributed by atoms with Crippen molar-refractivity contribution in [3.8, 4) is 5.75 Å². The van der Waals surface area contributed by atoms with Crippen LogP contribution in [0.4, 0.5) is 5.69 Å². The lowest BCUT2D eigenvalue weighted by molar-refractivity contribution is -0.110. The van der Waals surface area contributed by atoms with E-state index in [2.05, 4.69) is 10.5 Å². The number of oxime groups is 1. The monoisotopic (exact) mass is 194 g/mol. The first-order valence-electron chi connectivity index (χ1n) is 3.88. The minimum atomic E-state index is -0.499. The van der Waals surface area contributed by atoms with E-state index in [9.17, 15) is 4.79 Å². The molecule has 0 aliphatic carbocycles. The Kier molecular flexibility index (Phi) is 3.49. The number of methoxy groups -OCH3 is 1. The smallest absolute Gasteiger partial charge is 0.270 e. The maximum atomic E-state index is 11.0. The van der Waals surface area contributed by atoms with Gasteiger partial charge in [-0.2, -0.15) is 0 Å². The van der Waals surface area contributed by atoms with Crippen LogP contribution >= 0.6 is 0 Å². The lowest BCUT2D eigenvalue weighted by Crippen LogP contribution is -2.12. The lowest BCUT2D eigenvalue weighted by Gasteiger charge is -2.03. The number of benzene rings is 1. The van der Waals surface area contributed by atoms with Crippen molar-refractivity contribution in [2.45, 2.75) is 0 Å². The molecule has 0 aliphatic rings. The van der Waals surface area contributed by atoms with Crippen molar-refractivity contribution >= 4 is 17.8 Å². The molecule has 0 saturated heterocycles. The highest BCUT2D eigenvalue weighted by molar-refractivity contribution is 6.31. The van der Waals surface area contributed by atoms with Crippen LogP contribution in [0.2, 0.25) is 0 Å². The number of nitrogens with one attached hydrogen (secondary N) is 1. The summed E-state index contributed by atoms with van der Waals surface area (Å²) in [6, 6.07) is 6.86. The highest BCUT2D eigenvalue weighted by atomic mass is 16.5. The van der Waals surface area contributed by atoms with Gasteiger partial charge in [-0.1, -0.05) is 11.2 Å². The maximum absolute atomic E-state index is 11.0. The first-order chi connectivity index (χ1) is 6.76. The second-order valence-corrected chi connectivity index (χ2v) is 2.47.